The highest BCUT2D eigenvalue weighted by Gasteiger charge is 2.18. The second-order valence-corrected chi connectivity index (χ2v) is 5.67. The summed E-state index contributed by atoms with van der Waals surface area (Å²) >= 11 is 0. The summed E-state index contributed by atoms with van der Waals surface area (Å²) in [6.07, 6.45) is 5.90. The van der Waals surface area contributed by atoms with Crippen molar-refractivity contribution in [3.05, 3.63) is 18.5 Å². The minimum absolute atomic E-state index is 0.852. The number of hydrogen-bond acceptors (Lipinski definition) is 7. The molecule has 0 atom stereocenters. The first-order chi connectivity index (χ1) is 10.9. The van der Waals surface area contributed by atoms with E-state index >= 15 is 0 Å². The van der Waals surface area contributed by atoms with Crippen molar-refractivity contribution in [1.29, 1.82) is 0 Å². The van der Waals surface area contributed by atoms with Gasteiger partial charge in [-0.15, -0.1) is 0 Å². The molecule has 0 unspecified atom stereocenters. The van der Waals surface area contributed by atoms with E-state index in [2.05, 4.69) is 35.4 Å². The molecule has 1 aromatic heterocycles. The Labute approximate surface area is 131 Å². The Balaban J connectivity index is 1.31. The van der Waals surface area contributed by atoms with Crippen LogP contribution in [0.1, 0.15) is 12.8 Å². The van der Waals surface area contributed by atoms with Gasteiger partial charge in [0.1, 0.15) is 0 Å². The highest BCUT2D eigenvalue weighted by molar-refractivity contribution is 5.80. The lowest BCUT2D eigenvalue weighted by atomic mass is 10.3. The van der Waals surface area contributed by atoms with Crippen LogP contribution >= 0.6 is 0 Å². The lowest BCUT2D eigenvalue weighted by Gasteiger charge is -2.34. The van der Waals surface area contributed by atoms with E-state index in [0.29, 0.717) is 0 Å². The molecule has 0 aliphatic carbocycles. The van der Waals surface area contributed by atoms with Gasteiger partial charge in [0, 0.05) is 58.2 Å². The van der Waals surface area contributed by atoms with Crippen LogP contribution in [0.25, 0.3) is 0 Å². The minimum Gasteiger partial charge on any atom is -0.356 e. The van der Waals surface area contributed by atoms with Crippen molar-refractivity contribution in [2.75, 3.05) is 57.3 Å². The molecule has 1 aromatic rings. The Morgan fingerprint density at radius 2 is 1.95 bits per heavy atom. The fraction of sp³-hybridized carbons (Fsp3) is 0.667. The van der Waals surface area contributed by atoms with Crippen LogP contribution in [0.5, 0.6) is 0 Å². The van der Waals surface area contributed by atoms with Gasteiger partial charge in [-0.3, -0.25) is 9.89 Å². The summed E-state index contributed by atoms with van der Waals surface area (Å²) in [4.78, 5) is 17.8. The first-order valence-corrected chi connectivity index (χ1v) is 8.18. The van der Waals surface area contributed by atoms with Crippen LogP contribution < -0.4 is 15.5 Å². The Kier molecular flexibility index (Phi) is 5.42. The monoisotopic (exact) mass is 303 g/mol. The third-order valence-electron chi connectivity index (χ3n) is 4.05. The van der Waals surface area contributed by atoms with Crippen molar-refractivity contribution >= 4 is 11.9 Å². The highest BCUT2D eigenvalue weighted by Crippen LogP contribution is 2.09. The number of hydrogen-bond donors (Lipinski definition) is 2. The van der Waals surface area contributed by atoms with Crippen molar-refractivity contribution in [2.45, 2.75) is 12.8 Å². The van der Waals surface area contributed by atoms with Crippen LogP contribution in [-0.2, 0) is 0 Å². The second kappa shape index (κ2) is 7.93. The Bertz CT molecular complexity index is 468. The van der Waals surface area contributed by atoms with Gasteiger partial charge in [-0.25, -0.2) is 9.97 Å². The molecule has 3 rings (SSSR count). The van der Waals surface area contributed by atoms with Crippen LogP contribution in [0.15, 0.2) is 23.5 Å². The molecule has 2 aliphatic heterocycles. The third kappa shape index (κ3) is 4.30. The van der Waals surface area contributed by atoms with Gasteiger partial charge in [0.05, 0.1) is 0 Å². The number of guanidine groups is 1. The maximum Gasteiger partial charge on any atom is 0.225 e. The molecule has 2 N–H and O–H groups in total. The van der Waals surface area contributed by atoms with E-state index < -0.39 is 0 Å². The Morgan fingerprint density at radius 1 is 1.14 bits per heavy atom. The van der Waals surface area contributed by atoms with Gasteiger partial charge in [-0.1, -0.05) is 0 Å². The lowest BCUT2D eigenvalue weighted by molar-refractivity contribution is 0.254. The number of nitrogens with zero attached hydrogens (tertiary/aromatic N) is 5. The molecule has 1 fully saturated rings. The van der Waals surface area contributed by atoms with Crippen molar-refractivity contribution in [3.8, 4) is 0 Å². The Morgan fingerprint density at radius 3 is 2.68 bits per heavy atom. The molecule has 0 saturated carbocycles. The van der Waals surface area contributed by atoms with Crippen LogP contribution in [0.4, 0.5) is 5.95 Å². The first-order valence-electron chi connectivity index (χ1n) is 8.18. The first kappa shape index (κ1) is 15.0. The van der Waals surface area contributed by atoms with Crippen LogP contribution in [0, 0.1) is 0 Å². The molecule has 0 bridgehead atoms. The number of aliphatic imine (C=N–C) groups is 1. The van der Waals surface area contributed by atoms with E-state index in [9.17, 15) is 0 Å². The van der Waals surface area contributed by atoms with E-state index in [1.807, 2.05) is 18.5 Å². The van der Waals surface area contributed by atoms with Crippen LogP contribution in [-0.4, -0.2) is 73.2 Å². The van der Waals surface area contributed by atoms with Gasteiger partial charge in [0.2, 0.25) is 5.95 Å². The average Bonchev–Trinajstić information content (AvgIpc) is 2.61. The fourth-order valence-corrected chi connectivity index (χ4v) is 2.79. The number of nitrogens with one attached hydrogen (secondary N) is 2. The predicted octanol–water partition coefficient (Wildman–Crippen LogP) is -0.0724. The average molecular weight is 303 g/mol. The molecular weight excluding hydrogens is 278 g/mol. The van der Waals surface area contributed by atoms with E-state index in [1.54, 1.807) is 0 Å². The summed E-state index contributed by atoms with van der Waals surface area (Å²) in [5.74, 6) is 1.82. The van der Waals surface area contributed by atoms with Crippen molar-refractivity contribution in [1.82, 2.24) is 25.5 Å². The molecule has 2 aliphatic rings. The summed E-state index contributed by atoms with van der Waals surface area (Å²) < 4.78 is 0. The van der Waals surface area contributed by atoms with Crippen molar-refractivity contribution < 1.29 is 0 Å². The molecule has 3 heterocycles. The minimum atomic E-state index is 0.852. The smallest absolute Gasteiger partial charge is 0.225 e. The van der Waals surface area contributed by atoms with Gasteiger partial charge in [-0.2, -0.15) is 0 Å². The summed E-state index contributed by atoms with van der Waals surface area (Å²) in [6.45, 7) is 8.26. The standard InChI is InChI=1S/C15H25N7/c1-4-16-14(17-5-1)18-8-3-9-21-10-12-22(13-11-21)15-19-6-2-7-20-15/h2,6-7H,1,3-5,8-13H2,(H2,16,17,18). The number of aromatic nitrogens is 2. The summed E-state index contributed by atoms with van der Waals surface area (Å²) in [5.41, 5.74) is 0. The molecule has 0 aromatic carbocycles. The summed E-state index contributed by atoms with van der Waals surface area (Å²) in [7, 11) is 0. The maximum absolute atomic E-state index is 4.42. The molecule has 7 heteroatoms. The topological polar surface area (TPSA) is 68.7 Å². The van der Waals surface area contributed by atoms with Crippen LogP contribution in [0.3, 0.4) is 0 Å². The maximum atomic E-state index is 4.42. The molecule has 0 spiro atoms. The highest BCUT2D eigenvalue weighted by atomic mass is 15.3. The zero-order valence-electron chi connectivity index (χ0n) is 13.0. The van der Waals surface area contributed by atoms with Gasteiger partial charge in [-0.05, 0) is 25.5 Å². The molecule has 1 saturated heterocycles. The van der Waals surface area contributed by atoms with Crippen LogP contribution in [0.2, 0.25) is 0 Å². The fourth-order valence-electron chi connectivity index (χ4n) is 2.79. The van der Waals surface area contributed by atoms with E-state index in [-0.39, 0.29) is 0 Å². The normalized spacial score (nSPS) is 19.5. The van der Waals surface area contributed by atoms with Gasteiger partial charge >= 0.3 is 0 Å². The van der Waals surface area contributed by atoms with Gasteiger partial charge in [0.25, 0.3) is 0 Å². The zero-order chi connectivity index (χ0) is 15.0. The molecular formula is C15H25N7. The molecule has 22 heavy (non-hydrogen) atoms. The van der Waals surface area contributed by atoms with Gasteiger partial charge in [0.15, 0.2) is 5.96 Å². The predicted molar refractivity (Wildman–Crippen MR) is 88.2 cm³/mol. The zero-order valence-corrected chi connectivity index (χ0v) is 13.0. The molecule has 7 nitrogen and oxygen atoms in total. The third-order valence-corrected chi connectivity index (χ3v) is 4.05. The second-order valence-electron chi connectivity index (χ2n) is 5.67. The van der Waals surface area contributed by atoms with Crippen molar-refractivity contribution in [3.63, 3.8) is 0 Å². The molecule has 0 radical (unpaired) electrons. The number of rotatable bonds is 5. The molecule has 120 valence electrons. The van der Waals surface area contributed by atoms with E-state index in [1.165, 1.54) is 0 Å². The van der Waals surface area contributed by atoms with E-state index in [4.69, 9.17) is 0 Å². The van der Waals surface area contributed by atoms with Gasteiger partial charge < -0.3 is 15.5 Å². The summed E-state index contributed by atoms with van der Waals surface area (Å²) in [5, 5.41) is 6.66. The van der Waals surface area contributed by atoms with Crippen molar-refractivity contribution in [2.24, 2.45) is 4.99 Å². The number of anilines is 1. The quantitative estimate of drug-likeness (QED) is 0.742. The number of piperazine rings is 1. The SMILES string of the molecule is c1cnc(N2CCN(CCCNC3=NCCCN3)CC2)nc1. The lowest BCUT2D eigenvalue weighted by Crippen LogP contribution is -2.48. The molecule has 0 amide bonds. The largest absolute Gasteiger partial charge is 0.356 e. The van der Waals surface area contributed by atoms with E-state index in [0.717, 1.165) is 77.1 Å². The summed E-state index contributed by atoms with van der Waals surface area (Å²) in [6, 6.07) is 1.86. The Hall–Kier alpha value is -1.89.